The first kappa shape index (κ1) is 24.5. The molecule has 0 amide bonds. The highest BCUT2D eigenvalue weighted by atomic mass is 35.5. The molecule has 3 heterocycles. The summed E-state index contributed by atoms with van der Waals surface area (Å²) in [5.41, 5.74) is 3.15. The standard InChI is InChI=1S/C26H32Cl2N4O3/c1-16(20-6-5-19(27)12-21(20)28)29-24-23(34-2)8-7-22-25(24)35-26(30-22)32-14-18(15-32)17-4-3-9-31(13-17)10-11-33/h5-8,12,16-18,29,33H,3-4,9-11,13-15H2,1-2H3/t16-,17+/m1/s1. The predicted molar refractivity (Wildman–Crippen MR) is 141 cm³/mol. The smallest absolute Gasteiger partial charge is 0.298 e. The number of nitrogens with one attached hydrogen (secondary N) is 1. The number of fused-ring (bicyclic) bond motifs is 1. The second kappa shape index (κ2) is 10.4. The third-order valence-electron chi connectivity index (χ3n) is 7.32. The molecule has 0 radical (unpaired) electrons. The van der Waals surface area contributed by atoms with Gasteiger partial charge in [0.25, 0.3) is 6.01 Å². The Bertz CT molecular complexity index is 1180. The van der Waals surface area contributed by atoms with E-state index < -0.39 is 0 Å². The Hall–Kier alpha value is -2.19. The van der Waals surface area contributed by atoms with Crippen molar-refractivity contribution >= 4 is 46.0 Å². The first-order valence-corrected chi connectivity index (χ1v) is 13.0. The SMILES string of the molecule is COc1ccc2nc(N3CC([C@H]4CCCN(CCO)C4)C3)oc2c1N[C@H](C)c1ccc(Cl)cc1Cl. The van der Waals surface area contributed by atoms with Crippen LogP contribution in [0.25, 0.3) is 11.1 Å². The van der Waals surface area contributed by atoms with E-state index in [2.05, 4.69) is 15.1 Å². The summed E-state index contributed by atoms with van der Waals surface area (Å²) < 4.78 is 11.9. The second-order valence-corrected chi connectivity index (χ2v) is 10.5. The number of methoxy groups -OCH3 is 1. The van der Waals surface area contributed by atoms with Crippen molar-refractivity contribution in [1.29, 1.82) is 0 Å². The van der Waals surface area contributed by atoms with Crippen LogP contribution in [0.1, 0.15) is 31.4 Å². The number of hydrogen-bond acceptors (Lipinski definition) is 7. The maximum atomic E-state index is 9.28. The summed E-state index contributed by atoms with van der Waals surface area (Å²) in [6.07, 6.45) is 2.46. The number of nitrogens with zero attached hydrogens (tertiary/aromatic N) is 3. The first-order valence-electron chi connectivity index (χ1n) is 12.2. The van der Waals surface area contributed by atoms with Gasteiger partial charge in [0.05, 0.1) is 19.8 Å². The zero-order valence-corrected chi connectivity index (χ0v) is 21.6. The number of piperidine rings is 1. The molecule has 5 rings (SSSR count). The van der Waals surface area contributed by atoms with Gasteiger partial charge in [0.1, 0.15) is 17.0 Å². The van der Waals surface area contributed by atoms with E-state index in [0.717, 1.165) is 49.5 Å². The van der Waals surface area contributed by atoms with Gasteiger partial charge in [-0.05, 0) is 68.0 Å². The number of benzene rings is 2. The van der Waals surface area contributed by atoms with E-state index in [1.54, 1.807) is 13.2 Å². The third kappa shape index (κ3) is 5.05. The quantitative estimate of drug-likeness (QED) is 0.410. The van der Waals surface area contributed by atoms with E-state index in [4.69, 9.17) is 37.3 Å². The van der Waals surface area contributed by atoms with Crippen LogP contribution in [0.3, 0.4) is 0 Å². The summed E-state index contributed by atoms with van der Waals surface area (Å²) in [6.45, 7) is 7.10. The minimum Gasteiger partial charge on any atom is -0.494 e. The molecule has 2 saturated heterocycles. The molecular weight excluding hydrogens is 487 g/mol. The molecule has 188 valence electrons. The number of aromatic nitrogens is 1. The molecule has 2 fully saturated rings. The van der Waals surface area contributed by atoms with Crippen LogP contribution in [0.4, 0.5) is 11.7 Å². The van der Waals surface area contributed by atoms with Gasteiger partial charge in [-0.15, -0.1) is 0 Å². The molecule has 2 aromatic carbocycles. The zero-order valence-electron chi connectivity index (χ0n) is 20.1. The lowest BCUT2D eigenvalue weighted by Gasteiger charge is -2.45. The Morgan fingerprint density at radius 1 is 1.20 bits per heavy atom. The average molecular weight is 519 g/mol. The zero-order chi connectivity index (χ0) is 24.5. The van der Waals surface area contributed by atoms with Crippen molar-refractivity contribution in [3.05, 3.63) is 45.9 Å². The molecule has 2 aliphatic rings. The van der Waals surface area contributed by atoms with Gasteiger partial charge in [0, 0.05) is 36.2 Å². The number of hydrogen-bond donors (Lipinski definition) is 2. The summed E-state index contributed by atoms with van der Waals surface area (Å²) in [7, 11) is 1.65. The van der Waals surface area contributed by atoms with Crippen LogP contribution >= 0.6 is 23.2 Å². The summed E-state index contributed by atoms with van der Waals surface area (Å²) in [4.78, 5) is 9.38. The number of ether oxygens (including phenoxy) is 1. The number of aliphatic hydroxyl groups excluding tert-OH is 1. The fraction of sp³-hybridized carbons (Fsp3) is 0.500. The third-order valence-corrected chi connectivity index (χ3v) is 7.89. The Kier molecular flexibility index (Phi) is 7.30. The summed E-state index contributed by atoms with van der Waals surface area (Å²) in [6, 6.07) is 9.88. The van der Waals surface area contributed by atoms with Crippen molar-refractivity contribution < 1.29 is 14.3 Å². The summed E-state index contributed by atoms with van der Waals surface area (Å²) in [5.74, 6) is 1.98. The van der Waals surface area contributed by atoms with Crippen molar-refractivity contribution in [2.24, 2.45) is 11.8 Å². The molecule has 0 unspecified atom stereocenters. The molecule has 7 nitrogen and oxygen atoms in total. The maximum absolute atomic E-state index is 9.28. The number of oxazole rings is 1. The Morgan fingerprint density at radius 3 is 2.77 bits per heavy atom. The number of aliphatic hydroxyl groups is 1. The van der Waals surface area contributed by atoms with E-state index in [-0.39, 0.29) is 12.6 Å². The molecule has 1 aromatic heterocycles. The van der Waals surface area contributed by atoms with Gasteiger partial charge in [-0.2, -0.15) is 4.98 Å². The molecule has 0 bridgehead atoms. The lowest BCUT2D eigenvalue weighted by Crippen LogP contribution is -2.53. The predicted octanol–water partition coefficient (Wildman–Crippen LogP) is 5.46. The fourth-order valence-electron chi connectivity index (χ4n) is 5.34. The largest absolute Gasteiger partial charge is 0.494 e. The van der Waals surface area contributed by atoms with Crippen LogP contribution in [-0.2, 0) is 0 Å². The van der Waals surface area contributed by atoms with E-state index >= 15 is 0 Å². The summed E-state index contributed by atoms with van der Waals surface area (Å²) in [5, 5.41) is 14.0. The van der Waals surface area contributed by atoms with E-state index in [0.29, 0.717) is 39.2 Å². The molecule has 2 aliphatic heterocycles. The molecular formula is C26H32Cl2N4O3. The topological polar surface area (TPSA) is 74.0 Å². The van der Waals surface area contributed by atoms with E-state index in [9.17, 15) is 5.11 Å². The minimum absolute atomic E-state index is 0.102. The van der Waals surface area contributed by atoms with Gasteiger partial charge in [-0.3, -0.25) is 0 Å². The van der Waals surface area contributed by atoms with Gasteiger partial charge in [0.2, 0.25) is 0 Å². The fourth-order valence-corrected chi connectivity index (χ4v) is 5.91. The average Bonchev–Trinajstić information content (AvgIpc) is 3.23. The van der Waals surface area contributed by atoms with Gasteiger partial charge in [0.15, 0.2) is 5.58 Å². The van der Waals surface area contributed by atoms with E-state index in [1.165, 1.54) is 12.8 Å². The molecule has 0 aliphatic carbocycles. The van der Waals surface area contributed by atoms with Crippen LogP contribution in [0.2, 0.25) is 10.0 Å². The molecule has 0 spiro atoms. The lowest BCUT2D eigenvalue weighted by atomic mass is 9.81. The first-order chi connectivity index (χ1) is 17.0. The highest BCUT2D eigenvalue weighted by Gasteiger charge is 2.37. The Labute approximate surface area is 216 Å². The molecule has 35 heavy (non-hydrogen) atoms. The van der Waals surface area contributed by atoms with Gasteiger partial charge >= 0.3 is 0 Å². The Balaban J connectivity index is 1.33. The number of β-amino-alcohol motifs (C(OH)–C–C–N with tert-alkyl or cyclic N) is 1. The second-order valence-electron chi connectivity index (χ2n) is 9.61. The number of likely N-dealkylation sites (tertiary alicyclic amines) is 1. The van der Waals surface area contributed by atoms with Crippen molar-refractivity contribution in [2.75, 3.05) is 56.7 Å². The molecule has 2 atom stereocenters. The molecule has 3 aromatic rings. The minimum atomic E-state index is -0.102. The number of anilines is 2. The van der Waals surface area contributed by atoms with Crippen LogP contribution in [0.5, 0.6) is 5.75 Å². The maximum Gasteiger partial charge on any atom is 0.298 e. The van der Waals surface area contributed by atoms with E-state index in [1.807, 2.05) is 31.2 Å². The summed E-state index contributed by atoms with van der Waals surface area (Å²) >= 11 is 12.5. The molecule has 2 N–H and O–H groups in total. The van der Waals surface area contributed by atoms with Crippen LogP contribution in [0, 0.1) is 11.8 Å². The monoisotopic (exact) mass is 518 g/mol. The van der Waals surface area contributed by atoms with Crippen LogP contribution in [-0.4, -0.2) is 61.4 Å². The van der Waals surface area contributed by atoms with Gasteiger partial charge in [-0.1, -0.05) is 29.3 Å². The van der Waals surface area contributed by atoms with Gasteiger partial charge < -0.3 is 29.4 Å². The molecule has 0 saturated carbocycles. The Morgan fingerprint density at radius 2 is 2.03 bits per heavy atom. The molecule has 9 heteroatoms. The van der Waals surface area contributed by atoms with Crippen molar-refractivity contribution in [3.63, 3.8) is 0 Å². The lowest BCUT2D eigenvalue weighted by molar-refractivity contribution is 0.100. The highest BCUT2D eigenvalue weighted by Crippen LogP contribution is 2.40. The normalized spacial score (nSPS) is 20.1. The number of halogens is 2. The van der Waals surface area contributed by atoms with Crippen molar-refractivity contribution in [1.82, 2.24) is 9.88 Å². The highest BCUT2D eigenvalue weighted by molar-refractivity contribution is 6.35. The van der Waals surface area contributed by atoms with Crippen LogP contribution in [0.15, 0.2) is 34.7 Å². The number of rotatable bonds is 8. The van der Waals surface area contributed by atoms with Gasteiger partial charge in [-0.25, -0.2) is 0 Å². The van der Waals surface area contributed by atoms with Crippen molar-refractivity contribution in [2.45, 2.75) is 25.8 Å². The van der Waals surface area contributed by atoms with Crippen molar-refractivity contribution in [3.8, 4) is 5.75 Å². The van der Waals surface area contributed by atoms with Crippen LogP contribution < -0.4 is 15.0 Å².